The van der Waals surface area contributed by atoms with Crippen molar-refractivity contribution in [3.8, 4) is 5.75 Å². The SMILES string of the molecule is CC(OC(=O)c1cccc(Cl)c1)C(=O)NC1CCOc2ccccc21. The highest BCUT2D eigenvalue weighted by Gasteiger charge is 2.26. The number of carbonyl (C=O) groups is 2. The zero-order chi connectivity index (χ0) is 17.8. The van der Waals surface area contributed by atoms with Crippen LogP contribution in [0.1, 0.15) is 35.3 Å². The molecule has 1 aliphatic heterocycles. The maximum Gasteiger partial charge on any atom is 0.338 e. The molecule has 0 radical (unpaired) electrons. The molecule has 0 bridgehead atoms. The quantitative estimate of drug-likeness (QED) is 0.848. The van der Waals surface area contributed by atoms with Gasteiger partial charge in [0.05, 0.1) is 18.2 Å². The minimum atomic E-state index is -0.915. The van der Waals surface area contributed by atoms with Gasteiger partial charge in [-0.2, -0.15) is 0 Å². The first kappa shape index (κ1) is 17.3. The Kier molecular flexibility index (Phi) is 5.24. The number of rotatable bonds is 4. The van der Waals surface area contributed by atoms with Crippen LogP contribution in [-0.4, -0.2) is 24.6 Å². The van der Waals surface area contributed by atoms with Crippen LogP contribution in [0.4, 0.5) is 0 Å². The Morgan fingerprint density at radius 3 is 2.84 bits per heavy atom. The number of ether oxygens (including phenoxy) is 2. The molecule has 0 saturated heterocycles. The van der Waals surface area contributed by atoms with Crippen LogP contribution in [0.2, 0.25) is 5.02 Å². The Bertz CT molecular complexity index is 792. The van der Waals surface area contributed by atoms with Gasteiger partial charge in [-0.15, -0.1) is 0 Å². The third-order valence-corrected chi connectivity index (χ3v) is 4.22. The fourth-order valence-corrected chi connectivity index (χ4v) is 2.87. The van der Waals surface area contributed by atoms with Gasteiger partial charge in [-0.3, -0.25) is 4.79 Å². The van der Waals surface area contributed by atoms with E-state index in [1.807, 2.05) is 24.3 Å². The van der Waals surface area contributed by atoms with Crippen LogP contribution in [0.25, 0.3) is 0 Å². The number of esters is 1. The molecular formula is C19H18ClNO4. The van der Waals surface area contributed by atoms with Gasteiger partial charge in [0.1, 0.15) is 5.75 Å². The lowest BCUT2D eigenvalue weighted by molar-refractivity contribution is -0.130. The summed E-state index contributed by atoms with van der Waals surface area (Å²) in [7, 11) is 0. The van der Waals surface area contributed by atoms with Crippen LogP contribution in [-0.2, 0) is 9.53 Å². The first-order valence-electron chi connectivity index (χ1n) is 8.03. The summed E-state index contributed by atoms with van der Waals surface area (Å²) in [6, 6.07) is 13.8. The molecule has 1 heterocycles. The van der Waals surface area contributed by atoms with Gasteiger partial charge < -0.3 is 14.8 Å². The van der Waals surface area contributed by atoms with Gasteiger partial charge in [0, 0.05) is 17.0 Å². The van der Waals surface area contributed by atoms with Crippen LogP contribution in [0, 0.1) is 0 Å². The van der Waals surface area contributed by atoms with E-state index >= 15 is 0 Å². The maximum absolute atomic E-state index is 12.4. The molecule has 0 aromatic heterocycles. The van der Waals surface area contributed by atoms with E-state index in [0.29, 0.717) is 23.6 Å². The molecule has 0 spiro atoms. The predicted octanol–water partition coefficient (Wildman–Crippen LogP) is 3.53. The minimum Gasteiger partial charge on any atom is -0.493 e. The van der Waals surface area contributed by atoms with Crippen LogP contribution in [0.5, 0.6) is 5.75 Å². The second kappa shape index (κ2) is 7.57. The van der Waals surface area contributed by atoms with Crippen LogP contribution >= 0.6 is 11.6 Å². The number of carbonyl (C=O) groups excluding carboxylic acids is 2. The molecule has 1 aliphatic rings. The molecular weight excluding hydrogens is 342 g/mol. The number of hydrogen-bond donors (Lipinski definition) is 1. The lowest BCUT2D eigenvalue weighted by Crippen LogP contribution is -2.39. The van der Waals surface area contributed by atoms with Crippen LogP contribution in [0.3, 0.4) is 0 Å². The molecule has 2 atom stereocenters. The monoisotopic (exact) mass is 359 g/mol. The third kappa shape index (κ3) is 4.12. The Labute approximate surface area is 150 Å². The topological polar surface area (TPSA) is 64.6 Å². The molecule has 0 fully saturated rings. The molecule has 3 rings (SSSR count). The summed E-state index contributed by atoms with van der Waals surface area (Å²) in [6.45, 7) is 2.07. The largest absolute Gasteiger partial charge is 0.493 e. The smallest absolute Gasteiger partial charge is 0.338 e. The normalized spacial score (nSPS) is 17.0. The third-order valence-electron chi connectivity index (χ3n) is 3.99. The van der Waals surface area contributed by atoms with E-state index in [2.05, 4.69) is 5.32 Å². The zero-order valence-corrected chi connectivity index (χ0v) is 14.5. The average molecular weight is 360 g/mol. The van der Waals surface area contributed by atoms with Crippen molar-refractivity contribution in [1.29, 1.82) is 0 Å². The summed E-state index contributed by atoms with van der Waals surface area (Å²) < 4.78 is 10.8. The van der Waals surface area contributed by atoms with Crippen molar-refractivity contribution in [2.75, 3.05) is 6.61 Å². The first-order chi connectivity index (χ1) is 12.0. The molecule has 2 aromatic carbocycles. The van der Waals surface area contributed by atoms with Gasteiger partial charge in [0.15, 0.2) is 6.10 Å². The molecule has 6 heteroatoms. The van der Waals surface area contributed by atoms with Crippen molar-refractivity contribution in [2.24, 2.45) is 0 Å². The molecule has 2 unspecified atom stereocenters. The summed E-state index contributed by atoms with van der Waals surface area (Å²) in [5.41, 5.74) is 1.24. The van der Waals surface area contributed by atoms with Crippen molar-refractivity contribution in [3.05, 3.63) is 64.7 Å². The van der Waals surface area contributed by atoms with E-state index in [4.69, 9.17) is 21.1 Å². The van der Waals surface area contributed by atoms with Gasteiger partial charge in [0.2, 0.25) is 0 Å². The van der Waals surface area contributed by atoms with Gasteiger partial charge >= 0.3 is 5.97 Å². The van der Waals surface area contributed by atoms with Crippen LogP contribution in [0.15, 0.2) is 48.5 Å². The Morgan fingerprint density at radius 2 is 2.04 bits per heavy atom. The molecule has 130 valence electrons. The zero-order valence-electron chi connectivity index (χ0n) is 13.7. The molecule has 1 amide bonds. The van der Waals surface area contributed by atoms with E-state index in [1.165, 1.54) is 6.07 Å². The summed E-state index contributed by atoms with van der Waals surface area (Å²) in [5, 5.41) is 3.36. The maximum atomic E-state index is 12.4. The van der Waals surface area contributed by atoms with Crippen molar-refractivity contribution in [1.82, 2.24) is 5.32 Å². The van der Waals surface area contributed by atoms with Gasteiger partial charge in [-0.05, 0) is 31.2 Å². The van der Waals surface area contributed by atoms with E-state index in [-0.39, 0.29) is 11.9 Å². The summed E-state index contributed by atoms with van der Waals surface area (Å²) in [6.07, 6.45) is -0.251. The highest BCUT2D eigenvalue weighted by molar-refractivity contribution is 6.30. The second-order valence-corrected chi connectivity index (χ2v) is 6.23. The Hall–Kier alpha value is -2.53. The number of amides is 1. The molecule has 25 heavy (non-hydrogen) atoms. The van der Waals surface area contributed by atoms with E-state index in [9.17, 15) is 9.59 Å². The lowest BCUT2D eigenvalue weighted by atomic mass is 10.0. The fraction of sp³-hybridized carbons (Fsp3) is 0.263. The second-order valence-electron chi connectivity index (χ2n) is 5.79. The first-order valence-corrected chi connectivity index (χ1v) is 8.41. The number of benzene rings is 2. The van der Waals surface area contributed by atoms with E-state index < -0.39 is 12.1 Å². The van der Waals surface area contributed by atoms with Crippen molar-refractivity contribution in [3.63, 3.8) is 0 Å². The molecule has 5 nitrogen and oxygen atoms in total. The van der Waals surface area contributed by atoms with E-state index in [0.717, 1.165) is 11.3 Å². The van der Waals surface area contributed by atoms with E-state index in [1.54, 1.807) is 25.1 Å². The van der Waals surface area contributed by atoms with Gasteiger partial charge in [0.25, 0.3) is 5.91 Å². The predicted molar refractivity (Wildman–Crippen MR) is 93.8 cm³/mol. The van der Waals surface area contributed by atoms with Crippen molar-refractivity contribution in [2.45, 2.75) is 25.5 Å². The highest BCUT2D eigenvalue weighted by atomic mass is 35.5. The van der Waals surface area contributed by atoms with Crippen molar-refractivity contribution < 1.29 is 19.1 Å². The number of hydrogen-bond acceptors (Lipinski definition) is 4. The Balaban J connectivity index is 1.63. The number of para-hydroxylation sites is 1. The average Bonchev–Trinajstić information content (AvgIpc) is 2.62. The van der Waals surface area contributed by atoms with Crippen molar-refractivity contribution >= 4 is 23.5 Å². The van der Waals surface area contributed by atoms with Crippen LogP contribution < -0.4 is 10.1 Å². The number of nitrogens with one attached hydrogen (secondary N) is 1. The van der Waals surface area contributed by atoms with Gasteiger partial charge in [-0.1, -0.05) is 35.9 Å². The summed E-state index contributed by atoms with van der Waals surface area (Å²) >= 11 is 5.87. The minimum absolute atomic E-state index is 0.162. The molecule has 1 N–H and O–H groups in total. The Morgan fingerprint density at radius 1 is 1.24 bits per heavy atom. The molecule has 0 aliphatic carbocycles. The number of halogens is 1. The highest BCUT2D eigenvalue weighted by Crippen LogP contribution is 2.31. The number of fused-ring (bicyclic) bond motifs is 1. The molecule has 0 saturated carbocycles. The fourth-order valence-electron chi connectivity index (χ4n) is 2.68. The molecule has 2 aromatic rings. The summed E-state index contributed by atoms with van der Waals surface area (Å²) in [5.74, 6) is -0.169. The summed E-state index contributed by atoms with van der Waals surface area (Å²) in [4.78, 5) is 24.5. The van der Waals surface area contributed by atoms with Gasteiger partial charge in [-0.25, -0.2) is 4.79 Å². The standard InChI is InChI=1S/C19H18ClNO4/c1-12(25-19(23)13-5-4-6-14(20)11-13)18(22)21-16-9-10-24-17-8-3-2-7-15(16)17/h2-8,11-12,16H,9-10H2,1H3,(H,21,22). The lowest BCUT2D eigenvalue weighted by Gasteiger charge is -2.27.